The number of nitrogens with zero attached hydrogens (tertiary/aromatic N) is 1. The predicted octanol–water partition coefficient (Wildman–Crippen LogP) is 0.148. The second kappa shape index (κ2) is 5.79. The Morgan fingerprint density at radius 2 is 2.18 bits per heavy atom. The van der Waals surface area contributed by atoms with Crippen LogP contribution in [0, 0.1) is 5.92 Å². The van der Waals surface area contributed by atoms with Gasteiger partial charge in [0.15, 0.2) is 0 Å². The van der Waals surface area contributed by atoms with E-state index in [1.807, 2.05) is 0 Å². The minimum absolute atomic E-state index is 0.0970. The standard InChI is InChI=1S/C10H19NO5S/c1-8-9(10(12)13)4-3-5-11(8)17(14,15)7-6-16-2/h8-9H,3-7H2,1-2H3,(H,12,13)/t8-,9-/m0/s1. The van der Waals surface area contributed by atoms with E-state index >= 15 is 0 Å². The average molecular weight is 265 g/mol. The van der Waals surface area contributed by atoms with Crippen molar-refractivity contribution in [2.75, 3.05) is 26.0 Å². The number of piperidine rings is 1. The van der Waals surface area contributed by atoms with Crippen LogP contribution in [-0.4, -0.2) is 55.9 Å². The molecule has 0 bridgehead atoms. The van der Waals surface area contributed by atoms with Crippen LogP contribution in [0.15, 0.2) is 0 Å². The van der Waals surface area contributed by atoms with E-state index in [0.717, 1.165) is 0 Å². The molecule has 2 atom stereocenters. The zero-order valence-corrected chi connectivity index (χ0v) is 10.9. The van der Waals surface area contributed by atoms with Crippen molar-refractivity contribution in [1.82, 2.24) is 4.31 Å². The Labute approximate surface area is 102 Å². The van der Waals surface area contributed by atoms with E-state index in [0.29, 0.717) is 19.4 Å². The summed E-state index contributed by atoms with van der Waals surface area (Å²) in [6.45, 7) is 2.18. The molecule has 1 heterocycles. The zero-order chi connectivity index (χ0) is 13.1. The number of rotatable bonds is 5. The van der Waals surface area contributed by atoms with Crippen LogP contribution in [0.25, 0.3) is 0 Å². The maximum absolute atomic E-state index is 12.0. The fourth-order valence-electron chi connectivity index (χ4n) is 2.14. The summed E-state index contributed by atoms with van der Waals surface area (Å²) in [5.41, 5.74) is 0. The maximum atomic E-state index is 12.0. The number of ether oxygens (including phenoxy) is 1. The van der Waals surface area contributed by atoms with Crippen molar-refractivity contribution >= 4 is 16.0 Å². The first-order chi connectivity index (χ1) is 7.90. The SMILES string of the molecule is COCCS(=O)(=O)N1CCC[C@H](C(=O)O)[C@@H]1C. The molecule has 6 nitrogen and oxygen atoms in total. The van der Waals surface area contributed by atoms with Crippen molar-refractivity contribution in [2.24, 2.45) is 5.92 Å². The van der Waals surface area contributed by atoms with Gasteiger partial charge in [-0.3, -0.25) is 4.79 Å². The van der Waals surface area contributed by atoms with Crippen LogP contribution in [0.4, 0.5) is 0 Å². The van der Waals surface area contributed by atoms with Gasteiger partial charge in [-0.15, -0.1) is 0 Å². The second-order valence-electron chi connectivity index (χ2n) is 4.25. The third kappa shape index (κ3) is 3.40. The largest absolute Gasteiger partial charge is 0.481 e. The summed E-state index contributed by atoms with van der Waals surface area (Å²) in [4.78, 5) is 11.0. The van der Waals surface area contributed by atoms with Gasteiger partial charge < -0.3 is 9.84 Å². The molecule has 0 radical (unpaired) electrons. The smallest absolute Gasteiger partial charge is 0.308 e. The van der Waals surface area contributed by atoms with Crippen LogP contribution in [0.3, 0.4) is 0 Å². The molecule has 1 fully saturated rings. The summed E-state index contributed by atoms with van der Waals surface area (Å²) >= 11 is 0. The van der Waals surface area contributed by atoms with Gasteiger partial charge in [0.2, 0.25) is 10.0 Å². The van der Waals surface area contributed by atoms with Crippen LogP contribution in [0.2, 0.25) is 0 Å². The molecule has 17 heavy (non-hydrogen) atoms. The fraction of sp³-hybridized carbons (Fsp3) is 0.900. The molecule has 1 N–H and O–H groups in total. The van der Waals surface area contributed by atoms with Gasteiger partial charge in [0.05, 0.1) is 18.3 Å². The third-order valence-electron chi connectivity index (χ3n) is 3.15. The molecule has 0 unspecified atom stereocenters. The van der Waals surface area contributed by atoms with E-state index in [4.69, 9.17) is 9.84 Å². The van der Waals surface area contributed by atoms with Crippen LogP contribution >= 0.6 is 0 Å². The number of carboxylic acids is 1. The summed E-state index contributed by atoms with van der Waals surface area (Å²) in [5.74, 6) is -1.63. The van der Waals surface area contributed by atoms with Crippen LogP contribution < -0.4 is 0 Å². The molecule has 1 aliphatic rings. The molecule has 1 saturated heterocycles. The molecular weight excluding hydrogens is 246 g/mol. The number of methoxy groups -OCH3 is 1. The van der Waals surface area contributed by atoms with Crippen molar-refractivity contribution in [2.45, 2.75) is 25.8 Å². The van der Waals surface area contributed by atoms with E-state index in [-0.39, 0.29) is 12.4 Å². The Morgan fingerprint density at radius 1 is 1.53 bits per heavy atom. The van der Waals surface area contributed by atoms with Crippen LogP contribution in [-0.2, 0) is 19.6 Å². The number of sulfonamides is 1. The molecule has 0 amide bonds. The van der Waals surface area contributed by atoms with Gasteiger partial charge >= 0.3 is 5.97 Å². The van der Waals surface area contributed by atoms with Gasteiger partial charge in [-0.1, -0.05) is 0 Å². The summed E-state index contributed by atoms with van der Waals surface area (Å²) in [7, 11) is -1.98. The minimum Gasteiger partial charge on any atom is -0.481 e. The van der Waals surface area contributed by atoms with E-state index in [1.165, 1.54) is 11.4 Å². The predicted molar refractivity (Wildman–Crippen MR) is 62.2 cm³/mol. The first-order valence-electron chi connectivity index (χ1n) is 5.61. The number of carboxylic acid groups (broad SMARTS) is 1. The van der Waals surface area contributed by atoms with Gasteiger partial charge in [0, 0.05) is 19.7 Å². The van der Waals surface area contributed by atoms with Crippen molar-refractivity contribution in [3.05, 3.63) is 0 Å². The number of carbonyl (C=O) groups is 1. The highest BCUT2D eigenvalue weighted by atomic mass is 32.2. The van der Waals surface area contributed by atoms with Gasteiger partial charge in [-0.25, -0.2) is 8.42 Å². The monoisotopic (exact) mass is 265 g/mol. The normalized spacial score (nSPS) is 26.9. The van der Waals surface area contributed by atoms with Crippen molar-refractivity contribution in [1.29, 1.82) is 0 Å². The lowest BCUT2D eigenvalue weighted by Gasteiger charge is -2.36. The van der Waals surface area contributed by atoms with Crippen LogP contribution in [0.5, 0.6) is 0 Å². The lowest BCUT2D eigenvalue weighted by atomic mass is 9.92. The molecule has 7 heteroatoms. The lowest BCUT2D eigenvalue weighted by Crippen LogP contribution is -2.50. The van der Waals surface area contributed by atoms with E-state index < -0.39 is 28.0 Å². The Kier molecular flexibility index (Phi) is 4.91. The lowest BCUT2D eigenvalue weighted by molar-refractivity contribution is -0.144. The summed E-state index contributed by atoms with van der Waals surface area (Å²) in [5, 5.41) is 9.02. The Morgan fingerprint density at radius 3 is 2.71 bits per heavy atom. The highest BCUT2D eigenvalue weighted by molar-refractivity contribution is 7.89. The van der Waals surface area contributed by atoms with Crippen LogP contribution in [0.1, 0.15) is 19.8 Å². The molecule has 1 aliphatic heterocycles. The Balaban J connectivity index is 2.79. The molecule has 100 valence electrons. The van der Waals surface area contributed by atoms with Gasteiger partial charge in [0.1, 0.15) is 0 Å². The van der Waals surface area contributed by atoms with Crippen molar-refractivity contribution in [3.8, 4) is 0 Å². The first kappa shape index (κ1) is 14.4. The summed E-state index contributed by atoms with van der Waals surface area (Å²) in [6.07, 6.45) is 1.13. The quantitative estimate of drug-likeness (QED) is 0.765. The maximum Gasteiger partial charge on any atom is 0.308 e. The Hall–Kier alpha value is -0.660. The second-order valence-corrected chi connectivity index (χ2v) is 6.29. The first-order valence-corrected chi connectivity index (χ1v) is 7.22. The Bertz CT molecular complexity index is 367. The molecule has 0 aromatic rings. The van der Waals surface area contributed by atoms with Gasteiger partial charge in [0.25, 0.3) is 0 Å². The highest BCUT2D eigenvalue weighted by Crippen LogP contribution is 2.26. The summed E-state index contributed by atoms with van der Waals surface area (Å²) < 4.78 is 30.0. The molecule has 1 rings (SSSR count). The van der Waals surface area contributed by atoms with Crippen molar-refractivity contribution in [3.63, 3.8) is 0 Å². The number of aliphatic carboxylic acids is 1. The van der Waals surface area contributed by atoms with E-state index in [2.05, 4.69) is 0 Å². The topological polar surface area (TPSA) is 83.9 Å². The highest BCUT2D eigenvalue weighted by Gasteiger charge is 2.38. The van der Waals surface area contributed by atoms with E-state index in [9.17, 15) is 13.2 Å². The molecule has 0 spiro atoms. The zero-order valence-electron chi connectivity index (χ0n) is 10.1. The number of hydrogen-bond acceptors (Lipinski definition) is 4. The van der Waals surface area contributed by atoms with Gasteiger partial charge in [-0.2, -0.15) is 4.31 Å². The van der Waals surface area contributed by atoms with E-state index in [1.54, 1.807) is 6.92 Å². The van der Waals surface area contributed by atoms with Crippen molar-refractivity contribution < 1.29 is 23.1 Å². The minimum atomic E-state index is -3.42. The third-order valence-corrected chi connectivity index (χ3v) is 5.06. The summed E-state index contributed by atoms with van der Waals surface area (Å²) in [6, 6.07) is -0.483. The fourth-order valence-corrected chi connectivity index (χ4v) is 3.81. The average Bonchev–Trinajstić information content (AvgIpc) is 2.26. The molecular formula is C10H19NO5S. The molecule has 0 aromatic carbocycles. The molecule has 0 aromatic heterocycles. The van der Waals surface area contributed by atoms with Gasteiger partial charge in [-0.05, 0) is 19.8 Å². The molecule has 0 aliphatic carbocycles. The molecule has 0 saturated carbocycles. The number of hydrogen-bond donors (Lipinski definition) is 1.